The van der Waals surface area contributed by atoms with Gasteiger partial charge in [0.05, 0.1) is 0 Å². The molecule has 2 N–H and O–H groups in total. The Morgan fingerprint density at radius 2 is 1.12 bits per heavy atom. The summed E-state index contributed by atoms with van der Waals surface area (Å²) in [5, 5.41) is 1.38. The molecule has 0 aliphatic carbocycles. The van der Waals surface area contributed by atoms with Gasteiger partial charge in [-0.3, -0.25) is 10.1 Å². The first-order valence-electron chi connectivity index (χ1n) is 4.71. The van der Waals surface area contributed by atoms with E-state index in [1.165, 1.54) is 0 Å². The van der Waals surface area contributed by atoms with Gasteiger partial charge in [0, 0.05) is 10.6 Å². The molecule has 0 heterocycles. The van der Waals surface area contributed by atoms with Crippen LogP contribution < -0.4 is 67.5 Å². The summed E-state index contributed by atoms with van der Waals surface area (Å²) in [6.07, 6.45) is 0. The van der Waals surface area contributed by atoms with E-state index in [4.69, 9.17) is 5.50 Å². The van der Waals surface area contributed by atoms with E-state index >= 15 is 0 Å². The van der Waals surface area contributed by atoms with Crippen molar-refractivity contribution >= 4 is 17.9 Å². The van der Waals surface area contributed by atoms with Crippen LogP contribution in [0.3, 0.4) is 0 Å². The third kappa shape index (κ3) is 3.14. The number of hydrogen-bond donors (Lipinski definition) is 1. The minimum absolute atomic E-state index is 0. The van der Waals surface area contributed by atoms with E-state index in [1.54, 1.807) is 24.3 Å². The Kier molecular flexibility index (Phi) is 5.61. The van der Waals surface area contributed by atoms with Crippen LogP contribution in [0.4, 0.5) is 0 Å². The van der Waals surface area contributed by atoms with E-state index in [2.05, 4.69) is 0 Å². The van der Waals surface area contributed by atoms with Gasteiger partial charge in [-0.2, -0.15) is 0 Å². The molecule has 0 unspecified atom stereocenters. The number of rotatable bonds is 2. The second kappa shape index (κ2) is 6.27. The molecule has 16 heavy (non-hydrogen) atoms. The SMILES string of the molecule is NP(=O)(c1ccccc1)c1ccccc1.[H-].[K+]. The van der Waals surface area contributed by atoms with Crippen LogP contribution in [0.15, 0.2) is 60.7 Å². The van der Waals surface area contributed by atoms with Crippen LogP contribution in [0.1, 0.15) is 1.43 Å². The van der Waals surface area contributed by atoms with Gasteiger partial charge in [0.2, 0.25) is 7.29 Å². The summed E-state index contributed by atoms with van der Waals surface area (Å²) >= 11 is 0. The third-order valence-corrected chi connectivity index (χ3v) is 4.41. The quantitative estimate of drug-likeness (QED) is 0.553. The smallest absolute Gasteiger partial charge is 1.00 e. The summed E-state index contributed by atoms with van der Waals surface area (Å²) in [7, 11) is -2.90. The third-order valence-electron chi connectivity index (χ3n) is 2.28. The van der Waals surface area contributed by atoms with Gasteiger partial charge in [-0.1, -0.05) is 36.4 Å². The van der Waals surface area contributed by atoms with Gasteiger partial charge in [0.1, 0.15) is 0 Å². The Bertz CT molecular complexity index is 449. The van der Waals surface area contributed by atoms with Gasteiger partial charge in [-0.25, -0.2) is 0 Å². The van der Waals surface area contributed by atoms with Crippen molar-refractivity contribution in [1.82, 2.24) is 0 Å². The van der Waals surface area contributed by atoms with Gasteiger partial charge in [0.25, 0.3) is 0 Å². The molecule has 0 aliphatic heterocycles. The van der Waals surface area contributed by atoms with E-state index in [0.717, 1.165) is 0 Å². The van der Waals surface area contributed by atoms with Crippen molar-refractivity contribution in [3.63, 3.8) is 0 Å². The molecule has 78 valence electrons. The Morgan fingerprint density at radius 3 is 1.44 bits per heavy atom. The molecule has 2 aromatic carbocycles. The molecule has 4 heteroatoms. The average Bonchev–Trinajstić information content (AvgIpc) is 2.31. The standard InChI is InChI=1S/C12H12NOP.K.H/c13-15(14,11-7-3-1-4-8-11)12-9-5-2-6-10-12;;/h1-10H,(H2,13,14);;/q;+1;-1. The zero-order valence-electron chi connectivity index (χ0n) is 10.2. The van der Waals surface area contributed by atoms with Crippen LogP contribution in [-0.2, 0) is 4.57 Å². The molecule has 0 radical (unpaired) electrons. The molecule has 0 atom stereocenters. The number of hydrogen-bond acceptors (Lipinski definition) is 1. The molecule has 0 spiro atoms. The van der Waals surface area contributed by atoms with Crippen molar-refractivity contribution in [3.8, 4) is 0 Å². The van der Waals surface area contributed by atoms with E-state index < -0.39 is 7.29 Å². The van der Waals surface area contributed by atoms with E-state index in [0.29, 0.717) is 10.6 Å². The zero-order valence-corrected chi connectivity index (χ0v) is 13.2. The topological polar surface area (TPSA) is 43.1 Å². The normalized spacial score (nSPS) is 10.6. The summed E-state index contributed by atoms with van der Waals surface area (Å²) in [5.74, 6) is 0. The van der Waals surface area contributed by atoms with Gasteiger partial charge in [-0.05, 0) is 24.3 Å². The summed E-state index contributed by atoms with van der Waals surface area (Å²) in [6, 6.07) is 18.3. The zero-order chi connectivity index (χ0) is 10.7. The van der Waals surface area contributed by atoms with Gasteiger partial charge in [0.15, 0.2) is 0 Å². The van der Waals surface area contributed by atoms with Crippen molar-refractivity contribution in [2.75, 3.05) is 0 Å². The van der Waals surface area contributed by atoms with Crippen molar-refractivity contribution in [2.45, 2.75) is 0 Å². The molecule has 0 saturated heterocycles. The Labute approximate surface area is 140 Å². The maximum Gasteiger partial charge on any atom is 1.00 e. The molecule has 0 amide bonds. The van der Waals surface area contributed by atoms with E-state index in [-0.39, 0.29) is 52.8 Å². The minimum Gasteiger partial charge on any atom is -1.00 e. The number of nitrogens with two attached hydrogens (primary N) is 1. The van der Waals surface area contributed by atoms with Crippen LogP contribution in [0, 0.1) is 0 Å². The minimum atomic E-state index is -2.90. The van der Waals surface area contributed by atoms with Gasteiger partial charge >= 0.3 is 51.4 Å². The van der Waals surface area contributed by atoms with Crippen LogP contribution in [-0.4, -0.2) is 0 Å². The predicted molar refractivity (Wildman–Crippen MR) is 65.1 cm³/mol. The first-order chi connectivity index (χ1) is 7.21. The second-order valence-electron chi connectivity index (χ2n) is 3.33. The molecule has 0 bridgehead atoms. The largest absolute Gasteiger partial charge is 1.00 e. The van der Waals surface area contributed by atoms with Gasteiger partial charge in [-0.15, -0.1) is 0 Å². The Balaban J connectivity index is 0.00000128. The second-order valence-corrected chi connectivity index (χ2v) is 5.68. The molecule has 0 saturated carbocycles. The van der Waals surface area contributed by atoms with Crippen LogP contribution in [0.5, 0.6) is 0 Å². The summed E-state index contributed by atoms with van der Waals surface area (Å²) in [6.45, 7) is 0. The average molecular weight is 257 g/mol. The fourth-order valence-corrected chi connectivity index (χ4v) is 2.98. The van der Waals surface area contributed by atoms with E-state index in [1.807, 2.05) is 36.4 Å². The molecule has 0 fully saturated rings. The summed E-state index contributed by atoms with van der Waals surface area (Å²) < 4.78 is 12.4. The molecule has 2 aromatic rings. The fourth-order valence-electron chi connectivity index (χ4n) is 1.45. The molecule has 2 nitrogen and oxygen atoms in total. The summed E-state index contributed by atoms with van der Waals surface area (Å²) in [4.78, 5) is 0. The first-order valence-corrected chi connectivity index (χ1v) is 6.49. The van der Waals surface area contributed by atoms with E-state index in [9.17, 15) is 4.57 Å². The molecular formula is C12H13KNOP. The molecule has 0 aromatic heterocycles. The Hall–Kier alpha value is 0.266. The van der Waals surface area contributed by atoms with Crippen molar-refractivity contribution < 1.29 is 57.4 Å². The monoisotopic (exact) mass is 257 g/mol. The molecule has 0 aliphatic rings. The fraction of sp³-hybridized carbons (Fsp3) is 0. The van der Waals surface area contributed by atoms with Crippen molar-refractivity contribution in [2.24, 2.45) is 5.50 Å². The summed E-state index contributed by atoms with van der Waals surface area (Å²) in [5.41, 5.74) is 5.91. The van der Waals surface area contributed by atoms with Crippen molar-refractivity contribution in [1.29, 1.82) is 0 Å². The van der Waals surface area contributed by atoms with Crippen LogP contribution in [0.2, 0.25) is 0 Å². The maximum absolute atomic E-state index is 12.4. The number of benzene rings is 2. The van der Waals surface area contributed by atoms with Gasteiger partial charge < -0.3 is 1.43 Å². The van der Waals surface area contributed by atoms with Crippen molar-refractivity contribution in [3.05, 3.63) is 60.7 Å². The molecular weight excluding hydrogens is 244 g/mol. The van der Waals surface area contributed by atoms with Crippen LogP contribution >= 0.6 is 7.29 Å². The predicted octanol–water partition coefficient (Wildman–Crippen LogP) is -1.01. The molecule has 2 rings (SSSR count). The van der Waals surface area contributed by atoms with Crippen LogP contribution in [0.25, 0.3) is 0 Å². The maximum atomic E-state index is 12.4. The first kappa shape index (κ1) is 14.3. The Morgan fingerprint density at radius 1 is 0.812 bits per heavy atom.